The van der Waals surface area contributed by atoms with E-state index in [1.54, 1.807) is 24.3 Å². The van der Waals surface area contributed by atoms with Gasteiger partial charge < -0.3 is 10.6 Å². The lowest BCUT2D eigenvalue weighted by molar-refractivity contribution is 0.598. The fraction of sp³-hybridized carbons (Fsp3) is 0.200. The van der Waals surface area contributed by atoms with Gasteiger partial charge in [-0.25, -0.2) is 13.6 Å². The fourth-order valence-electron chi connectivity index (χ4n) is 2.64. The number of fused-ring (bicyclic) bond motifs is 1. The van der Waals surface area contributed by atoms with Crippen LogP contribution in [0.25, 0.3) is 0 Å². The van der Waals surface area contributed by atoms with Gasteiger partial charge >= 0.3 is 0 Å². The number of sulfonamides is 1. The molecule has 1 aliphatic rings. The lowest BCUT2D eigenvalue weighted by Crippen LogP contribution is -2.30. The van der Waals surface area contributed by atoms with Gasteiger partial charge in [-0.05, 0) is 53.9 Å². The molecule has 0 fully saturated rings. The molecule has 5 nitrogen and oxygen atoms in total. The van der Waals surface area contributed by atoms with Crippen molar-refractivity contribution in [3.8, 4) is 0 Å². The molecule has 3 rings (SSSR count). The first kappa shape index (κ1) is 13.9. The monoisotopic (exact) mass is 303 g/mol. The Morgan fingerprint density at radius 1 is 1.00 bits per heavy atom. The van der Waals surface area contributed by atoms with Gasteiger partial charge in [0.2, 0.25) is 10.0 Å². The number of anilines is 2. The van der Waals surface area contributed by atoms with Crippen molar-refractivity contribution in [2.45, 2.75) is 17.9 Å². The fourth-order valence-corrected chi connectivity index (χ4v) is 3.16. The van der Waals surface area contributed by atoms with Crippen molar-refractivity contribution in [1.29, 1.82) is 0 Å². The molecule has 0 atom stereocenters. The molecule has 0 aromatic heterocycles. The molecular weight excluding hydrogens is 286 g/mol. The van der Waals surface area contributed by atoms with Crippen molar-refractivity contribution in [3.63, 3.8) is 0 Å². The molecule has 21 heavy (non-hydrogen) atoms. The second-order valence-electron chi connectivity index (χ2n) is 5.24. The molecule has 0 bridgehead atoms. The predicted octanol–water partition coefficient (Wildman–Crippen LogP) is 1.48. The zero-order valence-corrected chi connectivity index (χ0v) is 12.3. The van der Waals surface area contributed by atoms with Crippen molar-refractivity contribution >= 4 is 21.4 Å². The highest BCUT2D eigenvalue weighted by molar-refractivity contribution is 7.89. The third kappa shape index (κ3) is 2.86. The van der Waals surface area contributed by atoms with Crippen molar-refractivity contribution in [1.82, 2.24) is 0 Å². The second-order valence-corrected chi connectivity index (χ2v) is 6.80. The van der Waals surface area contributed by atoms with E-state index < -0.39 is 10.0 Å². The van der Waals surface area contributed by atoms with Crippen LogP contribution in [0.5, 0.6) is 0 Å². The molecule has 0 radical (unpaired) electrons. The maximum atomic E-state index is 11.3. The largest absolute Gasteiger partial charge is 0.399 e. The molecule has 6 heteroatoms. The summed E-state index contributed by atoms with van der Waals surface area (Å²) in [7, 11) is -3.64. The van der Waals surface area contributed by atoms with E-state index in [9.17, 15) is 8.42 Å². The molecule has 2 aromatic rings. The van der Waals surface area contributed by atoms with Crippen molar-refractivity contribution in [2.75, 3.05) is 17.2 Å². The van der Waals surface area contributed by atoms with Crippen LogP contribution < -0.4 is 15.8 Å². The first-order chi connectivity index (χ1) is 9.93. The van der Waals surface area contributed by atoms with E-state index in [-0.39, 0.29) is 4.90 Å². The smallest absolute Gasteiger partial charge is 0.238 e. The topological polar surface area (TPSA) is 89.4 Å². The third-order valence-electron chi connectivity index (χ3n) is 3.77. The summed E-state index contributed by atoms with van der Waals surface area (Å²) in [6.07, 6.45) is 0.951. The van der Waals surface area contributed by atoms with E-state index >= 15 is 0 Å². The Labute approximate surface area is 124 Å². The van der Waals surface area contributed by atoms with E-state index in [0.717, 1.165) is 30.9 Å². The second kappa shape index (κ2) is 5.05. The Morgan fingerprint density at radius 2 is 1.71 bits per heavy atom. The molecule has 110 valence electrons. The van der Waals surface area contributed by atoms with Crippen LogP contribution >= 0.6 is 0 Å². The molecule has 0 aliphatic carbocycles. The van der Waals surface area contributed by atoms with Crippen molar-refractivity contribution in [3.05, 3.63) is 53.6 Å². The van der Waals surface area contributed by atoms with E-state index in [1.165, 1.54) is 11.1 Å². The molecule has 0 saturated heterocycles. The molecule has 0 unspecified atom stereocenters. The molecule has 0 amide bonds. The lowest BCUT2D eigenvalue weighted by Gasteiger charge is -2.31. The van der Waals surface area contributed by atoms with Crippen LogP contribution in [-0.2, 0) is 23.0 Å². The van der Waals surface area contributed by atoms with Gasteiger partial charge in [0.1, 0.15) is 0 Å². The summed E-state index contributed by atoms with van der Waals surface area (Å²) in [6.45, 7) is 1.67. The quantitative estimate of drug-likeness (QED) is 0.822. The molecule has 0 saturated carbocycles. The van der Waals surface area contributed by atoms with Gasteiger partial charge in [0.15, 0.2) is 0 Å². The molecular formula is C15H17N3O2S. The van der Waals surface area contributed by atoms with Gasteiger partial charge in [0.25, 0.3) is 0 Å². The number of hydrogen-bond acceptors (Lipinski definition) is 4. The highest BCUT2D eigenvalue weighted by Gasteiger charge is 2.17. The summed E-state index contributed by atoms with van der Waals surface area (Å²) < 4.78 is 22.5. The van der Waals surface area contributed by atoms with Crippen molar-refractivity contribution in [2.24, 2.45) is 5.14 Å². The average Bonchev–Trinajstić information content (AvgIpc) is 2.45. The van der Waals surface area contributed by atoms with Gasteiger partial charge in [0, 0.05) is 24.5 Å². The number of nitrogens with zero attached hydrogens (tertiary/aromatic N) is 1. The summed E-state index contributed by atoms with van der Waals surface area (Å²) in [4.78, 5) is 2.34. The molecule has 2 aromatic carbocycles. The van der Waals surface area contributed by atoms with Gasteiger partial charge in [-0.15, -0.1) is 0 Å². The van der Waals surface area contributed by atoms with Crippen LogP contribution in [0.2, 0.25) is 0 Å². The van der Waals surface area contributed by atoms with Crippen molar-refractivity contribution < 1.29 is 8.42 Å². The summed E-state index contributed by atoms with van der Waals surface area (Å²) >= 11 is 0. The van der Waals surface area contributed by atoms with Gasteiger partial charge in [-0.1, -0.05) is 6.07 Å². The first-order valence-electron chi connectivity index (χ1n) is 6.68. The molecule has 4 N–H and O–H groups in total. The highest BCUT2D eigenvalue weighted by Crippen LogP contribution is 2.26. The van der Waals surface area contributed by atoms with Crippen LogP contribution in [0.4, 0.5) is 11.4 Å². The highest BCUT2D eigenvalue weighted by atomic mass is 32.2. The Balaban J connectivity index is 1.86. The Morgan fingerprint density at radius 3 is 2.38 bits per heavy atom. The van der Waals surface area contributed by atoms with Gasteiger partial charge in [-0.2, -0.15) is 0 Å². The van der Waals surface area contributed by atoms with Crippen LogP contribution in [0, 0.1) is 0 Å². The Bertz CT molecular complexity index is 770. The van der Waals surface area contributed by atoms with Gasteiger partial charge in [0.05, 0.1) is 4.90 Å². The van der Waals surface area contributed by atoms with E-state index in [4.69, 9.17) is 10.9 Å². The summed E-state index contributed by atoms with van der Waals surface area (Å²) in [6, 6.07) is 12.7. The van der Waals surface area contributed by atoms with Crippen LogP contribution in [0.1, 0.15) is 11.1 Å². The predicted molar refractivity (Wildman–Crippen MR) is 83.4 cm³/mol. The zero-order valence-electron chi connectivity index (χ0n) is 11.5. The summed E-state index contributed by atoms with van der Waals surface area (Å²) in [5.74, 6) is 0. The van der Waals surface area contributed by atoms with Crippen LogP contribution in [0.3, 0.4) is 0 Å². The summed E-state index contributed by atoms with van der Waals surface area (Å²) in [5, 5.41) is 5.11. The number of primary sulfonamides is 1. The maximum Gasteiger partial charge on any atom is 0.238 e. The zero-order chi connectivity index (χ0) is 15.0. The van der Waals surface area contributed by atoms with Crippen LogP contribution in [0.15, 0.2) is 47.4 Å². The van der Waals surface area contributed by atoms with Crippen LogP contribution in [-0.4, -0.2) is 15.0 Å². The summed E-state index contributed by atoms with van der Waals surface area (Å²) in [5.41, 5.74) is 10.1. The molecule has 1 aliphatic heterocycles. The Kier molecular flexibility index (Phi) is 3.35. The molecule has 1 heterocycles. The minimum atomic E-state index is -3.64. The van der Waals surface area contributed by atoms with Gasteiger partial charge in [-0.3, -0.25) is 0 Å². The standard InChI is InChI=1S/C15H17N3O2S/c16-13-2-1-11-7-8-18(10-12(11)9-13)14-3-5-15(6-4-14)21(17,19)20/h1-6,9H,7-8,10,16H2,(H2,17,19,20). The number of nitrogen functional groups attached to an aromatic ring is 1. The minimum absolute atomic E-state index is 0.132. The normalized spacial score (nSPS) is 14.8. The molecule has 0 spiro atoms. The number of benzene rings is 2. The Hall–Kier alpha value is -2.05. The third-order valence-corrected chi connectivity index (χ3v) is 4.70. The minimum Gasteiger partial charge on any atom is -0.399 e. The lowest BCUT2D eigenvalue weighted by atomic mass is 9.99. The average molecular weight is 303 g/mol. The number of rotatable bonds is 2. The number of hydrogen-bond donors (Lipinski definition) is 2. The van der Waals surface area contributed by atoms with E-state index in [1.807, 2.05) is 12.1 Å². The maximum absolute atomic E-state index is 11.3. The first-order valence-corrected chi connectivity index (χ1v) is 8.23. The van der Waals surface area contributed by atoms with E-state index in [2.05, 4.69) is 11.0 Å². The number of nitrogens with two attached hydrogens (primary N) is 2. The SMILES string of the molecule is Nc1ccc2c(c1)CN(c1ccc(S(N)(=O)=O)cc1)CC2. The van der Waals surface area contributed by atoms with E-state index in [0.29, 0.717) is 0 Å².